The van der Waals surface area contributed by atoms with Crippen molar-refractivity contribution in [2.75, 3.05) is 23.3 Å². The van der Waals surface area contributed by atoms with Crippen molar-refractivity contribution in [2.45, 2.75) is 51.9 Å². The van der Waals surface area contributed by atoms with Crippen LogP contribution in [-0.4, -0.2) is 19.0 Å². The Morgan fingerprint density at radius 3 is 2.38 bits per heavy atom. The number of benzene rings is 1. The zero-order chi connectivity index (χ0) is 17.0. The van der Waals surface area contributed by atoms with Gasteiger partial charge in [-0.1, -0.05) is 26.2 Å². The first-order chi connectivity index (χ1) is 11.6. The standard InChI is InChI=1S/C20H27N3O/c1-16-9-13-23(14-10-16)18-7-5-17(6-8-18)22-19(24)20(15-21)11-3-2-4-12-20/h5-8,16H,2-4,9-14H2,1H3,(H,22,24). The Balaban J connectivity index is 1.63. The molecular weight excluding hydrogens is 298 g/mol. The van der Waals surface area contributed by atoms with E-state index in [-0.39, 0.29) is 5.91 Å². The third kappa shape index (κ3) is 3.56. The van der Waals surface area contributed by atoms with Crippen molar-refractivity contribution in [1.29, 1.82) is 5.26 Å². The predicted octanol–water partition coefficient (Wildman–Crippen LogP) is 4.34. The van der Waals surface area contributed by atoms with Crippen LogP contribution >= 0.6 is 0 Å². The Bertz CT molecular complexity index is 603. The second-order valence-electron chi connectivity index (χ2n) is 7.43. The van der Waals surface area contributed by atoms with Crippen LogP contribution in [0, 0.1) is 22.7 Å². The minimum atomic E-state index is -0.833. The number of amides is 1. The van der Waals surface area contributed by atoms with Gasteiger partial charge in [-0.05, 0) is 55.9 Å². The van der Waals surface area contributed by atoms with E-state index in [4.69, 9.17) is 0 Å². The molecule has 1 aliphatic heterocycles. The monoisotopic (exact) mass is 325 g/mol. The highest BCUT2D eigenvalue weighted by molar-refractivity contribution is 5.97. The highest BCUT2D eigenvalue weighted by Crippen LogP contribution is 2.37. The van der Waals surface area contributed by atoms with Gasteiger partial charge in [0, 0.05) is 24.5 Å². The van der Waals surface area contributed by atoms with Crippen LogP contribution in [-0.2, 0) is 4.79 Å². The molecule has 1 N–H and O–H groups in total. The molecule has 0 radical (unpaired) electrons. The highest BCUT2D eigenvalue weighted by Gasteiger charge is 2.39. The van der Waals surface area contributed by atoms with Crippen LogP contribution in [0.5, 0.6) is 0 Å². The Labute approximate surface area is 144 Å². The summed E-state index contributed by atoms with van der Waals surface area (Å²) < 4.78 is 0. The average Bonchev–Trinajstić information content (AvgIpc) is 2.63. The molecule has 128 valence electrons. The molecule has 0 bridgehead atoms. The Kier molecular flexibility index (Phi) is 5.08. The van der Waals surface area contributed by atoms with E-state index in [2.05, 4.69) is 35.3 Å². The van der Waals surface area contributed by atoms with Gasteiger partial charge in [0.05, 0.1) is 6.07 Å². The van der Waals surface area contributed by atoms with E-state index < -0.39 is 5.41 Å². The Hall–Kier alpha value is -2.02. The van der Waals surface area contributed by atoms with E-state index >= 15 is 0 Å². The lowest BCUT2D eigenvalue weighted by atomic mass is 9.74. The van der Waals surface area contributed by atoms with Crippen molar-refractivity contribution < 1.29 is 4.79 Å². The molecule has 0 atom stereocenters. The van der Waals surface area contributed by atoms with Gasteiger partial charge in [0.15, 0.2) is 0 Å². The van der Waals surface area contributed by atoms with Crippen molar-refractivity contribution >= 4 is 17.3 Å². The zero-order valence-electron chi connectivity index (χ0n) is 14.6. The lowest BCUT2D eigenvalue weighted by Crippen LogP contribution is -2.36. The number of nitrogens with one attached hydrogen (secondary N) is 1. The second-order valence-corrected chi connectivity index (χ2v) is 7.43. The molecule has 4 heteroatoms. The van der Waals surface area contributed by atoms with E-state index in [0.29, 0.717) is 12.8 Å². The number of nitrogens with zero attached hydrogens (tertiary/aromatic N) is 2. The summed E-state index contributed by atoms with van der Waals surface area (Å²) in [5.41, 5.74) is 1.17. The first-order valence-electron chi connectivity index (χ1n) is 9.21. The highest BCUT2D eigenvalue weighted by atomic mass is 16.2. The number of nitriles is 1. The van der Waals surface area contributed by atoms with Crippen molar-refractivity contribution in [1.82, 2.24) is 0 Å². The van der Waals surface area contributed by atoms with Crippen LogP contribution in [0.25, 0.3) is 0 Å². The summed E-state index contributed by atoms with van der Waals surface area (Å²) in [6.45, 7) is 4.51. The second kappa shape index (κ2) is 7.25. The van der Waals surface area contributed by atoms with Crippen molar-refractivity contribution in [3.63, 3.8) is 0 Å². The fraction of sp³-hybridized carbons (Fsp3) is 0.600. The van der Waals surface area contributed by atoms with Crippen LogP contribution in [0.4, 0.5) is 11.4 Å². The molecular formula is C20H27N3O. The molecule has 0 spiro atoms. The molecule has 2 aliphatic rings. The SMILES string of the molecule is CC1CCN(c2ccc(NC(=O)C3(C#N)CCCCC3)cc2)CC1. The van der Waals surface area contributed by atoms with Gasteiger partial charge < -0.3 is 10.2 Å². The maximum Gasteiger partial charge on any atom is 0.244 e. The average molecular weight is 325 g/mol. The molecule has 1 saturated carbocycles. The number of carbonyl (C=O) groups is 1. The minimum Gasteiger partial charge on any atom is -0.372 e. The smallest absolute Gasteiger partial charge is 0.244 e. The number of rotatable bonds is 3. The molecule has 1 heterocycles. The van der Waals surface area contributed by atoms with Gasteiger partial charge in [0.1, 0.15) is 5.41 Å². The molecule has 2 fully saturated rings. The maximum atomic E-state index is 12.6. The van der Waals surface area contributed by atoms with Gasteiger partial charge in [-0.15, -0.1) is 0 Å². The molecule has 1 aromatic rings. The van der Waals surface area contributed by atoms with Gasteiger partial charge >= 0.3 is 0 Å². The predicted molar refractivity (Wildman–Crippen MR) is 96.8 cm³/mol. The van der Waals surface area contributed by atoms with E-state index in [1.54, 1.807) is 0 Å². The Morgan fingerprint density at radius 1 is 1.17 bits per heavy atom. The van der Waals surface area contributed by atoms with Gasteiger partial charge in [-0.25, -0.2) is 0 Å². The molecule has 0 unspecified atom stereocenters. The molecule has 1 saturated heterocycles. The molecule has 24 heavy (non-hydrogen) atoms. The topological polar surface area (TPSA) is 56.1 Å². The summed E-state index contributed by atoms with van der Waals surface area (Å²) in [4.78, 5) is 15.0. The summed E-state index contributed by atoms with van der Waals surface area (Å²) in [5, 5.41) is 12.5. The van der Waals surface area contributed by atoms with E-state index in [9.17, 15) is 10.1 Å². The Morgan fingerprint density at radius 2 is 1.79 bits per heavy atom. The molecule has 1 aromatic carbocycles. The molecule has 1 aliphatic carbocycles. The van der Waals surface area contributed by atoms with Gasteiger partial charge in [0.25, 0.3) is 0 Å². The molecule has 1 amide bonds. The molecule has 4 nitrogen and oxygen atoms in total. The summed E-state index contributed by atoms with van der Waals surface area (Å²) >= 11 is 0. The summed E-state index contributed by atoms with van der Waals surface area (Å²) in [6.07, 6.45) is 6.89. The minimum absolute atomic E-state index is 0.135. The number of anilines is 2. The lowest BCUT2D eigenvalue weighted by Gasteiger charge is -2.32. The fourth-order valence-electron chi connectivity index (χ4n) is 3.82. The number of carbonyl (C=O) groups excluding carboxylic acids is 1. The number of hydrogen-bond acceptors (Lipinski definition) is 3. The van der Waals surface area contributed by atoms with Gasteiger partial charge in [-0.2, -0.15) is 5.26 Å². The number of piperidine rings is 1. The normalized spacial score (nSPS) is 21.1. The van der Waals surface area contributed by atoms with Crippen molar-refractivity contribution in [3.05, 3.63) is 24.3 Å². The maximum absolute atomic E-state index is 12.6. The van der Waals surface area contributed by atoms with Gasteiger partial charge in [0.2, 0.25) is 5.91 Å². The third-order valence-corrected chi connectivity index (χ3v) is 5.63. The van der Waals surface area contributed by atoms with Crippen LogP contribution in [0.3, 0.4) is 0 Å². The van der Waals surface area contributed by atoms with Crippen molar-refractivity contribution in [3.8, 4) is 6.07 Å². The fourth-order valence-corrected chi connectivity index (χ4v) is 3.82. The zero-order valence-corrected chi connectivity index (χ0v) is 14.6. The summed E-state index contributed by atoms with van der Waals surface area (Å²) in [6, 6.07) is 10.3. The van der Waals surface area contributed by atoms with E-state index in [1.165, 1.54) is 18.5 Å². The van der Waals surface area contributed by atoms with Crippen LogP contribution in [0.2, 0.25) is 0 Å². The van der Waals surface area contributed by atoms with E-state index in [0.717, 1.165) is 44.0 Å². The third-order valence-electron chi connectivity index (χ3n) is 5.63. The van der Waals surface area contributed by atoms with Crippen LogP contribution < -0.4 is 10.2 Å². The summed E-state index contributed by atoms with van der Waals surface area (Å²) in [7, 11) is 0. The largest absolute Gasteiger partial charge is 0.372 e. The lowest BCUT2D eigenvalue weighted by molar-refractivity contribution is -0.124. The number of hydrogen-bond donors (Lipinski definition) is 1. The van der Waals surface area contributed by atoms with E-state index in [1.807, 2.05) is 12.1 Å². The first kappa shape index (κ1) is 16.8. The summed E-state index contributed by atoms with van der Waals surface area (Å²) in [5.74, 6) is 0.682. The molecule has 0 aromatic heterocycles. The first-order valence-corrected chi connectivity index (χ1v) is 9.21. The van der Waals surface area contributed by atoms with Crippen LogP contribution in [0.15, 0.2) is 24.3 Å². The van der Waals surface area contributed by atoms with Gasteiger partial charge in [-0.3, -0.25) is 4.79 Å². The van der Waals surface area contributed by atoms with Crippen LogP contribution in [0.1, 0.15) is 51.9 Å². The van der Waals surface area contributed by atoms with Crippen molar-refractivity contribution in [2.24, 2.45) is 11.3 Å². The quantitative estimate of drug-likeness (QED) is 0.899. The molecule has 3 rings (SSSR count).